The molecule has 92 valence electrons. The normalized spacial score (nSPS) is 35.5. The molecule has 0 radical (unpaired) electrons. The van der Waals surface area contributed by atoms with Gasteiger partial charge >= 0.3 is 0 Å². The van der Waals surface area contributed by atoms with Crippen molar-refractivity contribution in [1.82, 2.24) is 0 Å². The molecule has 0 spiro atoms. The van der Waals surface area contributed by atoms with E-state index in [1.807, 2.05) is 0 Å². The van der Waals surface area contributed by atoms with Gasteiger partial charge in [-0.2, -0.15) is 0 Å². The summed E-state index contributed by atoms with van der Waals surface area (Å²) in [7, 11) is 0. The standard InChI is InChI=1S/C14H16BrFO/c15-12-3-4-13(16)10(6-12)8-14(17)7-9-1-2-11(14)5-9/h3-4,6,9,11,17H,1-2,5,7-8H2. The molecular weight excluding hydrogens is 283 g/mol. The Bertz CT molecular complexity index is 448. The van der Waals surface area contributed by atoms with Gasteiger partial charge in [-0.15, -0.1) is 0 Å². The Hall–Kier alpha value is -0.410. The molecule has 2 fully saturated rings. The van der Waals surface area contributed by atoms with Crippen molar-refractivity contribution in [3.63, 3.8) is 0 Å². The molecule has 0 heterocycles. The second-order valence-electron chi connectivity index (χ2n) is 5.60. The molecule has 1 aromatic rings. The van der Waals surface area contributed by atoms with Gasteiger partial charge in [0.2, 0.25) is 0 Å². The van der Waals surface area contributed by atoms with Crippen LogP contribution in [-0.2, 0) is 6.42 Å². The lowest BCUT2D eigenvalue weighted by molar-refractivity contribution is -0.0131. The molecule has 0 amide bonds. The van der Waals surface area contributed by atoms with Crippen molar-refractivity contribution in [2.45, 2.75) is 37.7 Å². The van der Waals surface area contributed by atoms with E-state index >= 15 is 0 Å². The van der Waals surface area contributed by atoms with Crippen molar-refractivity contribution >= 4 is 15.9 Å². The van der Waals surface area contributed by atoms with Crippen LogP contribution in [0.2, 0.25) is 0 Å². The molecule has 3 atom stereocenters. The van der Waals surface area contributed by atoms with Crippen molar-refractivity contribution in [2.75, 3.05) is 0 Å². The Labute approximate surface area is 109 Å². The van der Waals surface area contributed by atoms with E-state index in [0.717, 1.165) is 23.7 Å². The van der Waals surface area contributed by atoms with E-state index < -0.39 is 5.60 Å². The van der Waals surface area contributed by atoms with Gasteiger partial charge < -0.3 is 5.11 Å². The lowest BCUT2D eigenvalue weighted by Crippen LogP contribution is -2.37. The molecule has 2 bridgehead atoms. The highest BCUT2D eigenvalue weighted by Gasteiger charge is 2.49. The fraction of sp³-hybridized carbons (Fsp3) is 0.571. The van der Waals surface area contributed by atoms with Crippen LogP contribution >= 0.6 is 15.9 Å². The number of hydrogen-bond donors (Lipinski definition) is 1. The molecule has 0 saturated heterocycles. The summed E-state index contributed by atoms with van der Waals surface area (Å²) in [5.41, 5.74) is -0.0284. The van der Waals surface area contributed by atoms with Crippen LogP contribution in [0.5, 0.6) is 0 Å². The second-order valence-corrected chi connectivity index (χ2v) is 6.51. The van der Waals surface area contributed by atoms with Crippen molar-refractivity contribution in [1.29, 1.82) is 0 Å². The molecule has 3 heteroatoms. The van der Waals surface area contributed by atoms with Crippen molar-refractivity contribution in [3.05, 3.63) is 34.1 Å². The van der Waals surface area contributed by atoms with Gasteiger partial charge in [-0.05, 0) is 61.3 Å². The molecule has 0 aromatic heterocycles. The Morgan fingerprint density at radius 3 is 2.88 bits per heavy atom. The third kappa shape index (κ3) is 2.04. The first-order valence-electron chi connectivity index (χ1n) is 6.23. The van der Waals surface area contributed by atoms with Crippen LogP contribution in [0.1, 0.15) is 31.2 Å². The first-order valence-corrected chi connectivity index (χ1v) is 7.02. The van der Waals surface area contributed by atoms with Crippen molar-refractivity contribution in [2.24, 2.45) is 11.8 Å². The highest BCUT2D eigenvalue weighted by molar-refractivity contribution is 9.10. The van der Waals surface area contributed by atoms with E-state index in [0.29, 0.717) is 23.8 Å². The van der Waals surface area contributed by atoms with Crippen LogP contribution in [0, 0.1) is 17.7 Å². The maximum atomic E-state index is 13.7. The van der Waals surface area contributed by atoms with Gasteiger partial charge in [-0.1, -0.05) is 15.9 Å². The molecule has 3 rings (SSSR count). The molecular formula is C14H16BrFO. The minimum Gasteiger partial charge on any atom is -0.389 e. The van der Waals surface area contributed by atoms with Crippen LogP contribution in [0.4, 0.5) is 4.39 Å². The smallest absolute Gasteiger partial charge is 0.126 e. The van der Waals surface area contributed by atoms with Gasteiger partial charge in [-0.3, -0.25) is 0 Å². The van der Waals surface area contributed by atoms with E-state index in [9.17, 15) is 9.50 Å². The van der Waals surface area contributed by atoms with Crippen LogP contribution < -0.4 is 0 Å². The van der Waals surface area contributed by atoms with Crippen LogP contribution in [0.15, 0.2) is 22.7 Å². The third-order valence-electron chi connectivity index (χ3n) is 4.45. The van der Waals surface area contributed by atoms with Gasteiger partial charge in [-0.25, -0.2) is 4.39 Å². The molecule has 2 saturated carbocycles. The average molecular weight is 299 g/mol. The minimum absolute atomic E-state index is 0.204. The number of halogens is 2. The lowest BCUT2D eigenvalue weighted by atomic mass is 9.80. The Kier molecular flexibility index (Phi) is 2.79. The lowest BCUT2D eigenvalue weighted by Gasteiger charge is -2.32. The molecule has 2 aliphatic rings. The Morgan fingerprint density at radius 2 is 2.24 bits per heavy atom. The number of fused-ring (bicyclic) bond motifs is 2. The van der Waals surface area contributed by atoms with Crippen molar-refractivity contribution < 1.29 is 9.50 Å². The molecule has 1 aromatic carbocycles. The highest BCUT2D eigenvalue weighted by Crippen LogP contribution is 2.52. The van der Waals surface area contributed by atoms with E-state index in [1.54, 1.807) is 12.1 Å². The maximum Gasteiger partial charge on any atom is 0.126 e. The fourth-order valence-electron chi connectivity index (χ4n) is 3.64. The van der Waals surface area contributed by atoms with Crippen LogP contribution in [0.25, 0.3) is 0 Å². The zero-order valence-electron chi connectivity index (χ0n) is 9.63. The van der Waals surface area contributed by atoms with Gasteiger partial charge in [0.1, 0.15) is 5.82 Å². The van der Waals surface area contributed by atoms with Gasteiger partial charge in [0, 0.05) is 10.9 Å². The first kappa shape index (κ1) is 11.7. The second kappa shape index (κ2) is 4.06. The van der Waals surface area contributed by atoms with E-state index in [-0.39, 0.29) is 5.82 Å². The summed E-state index contributed by atoms with van der Waals surface area (Å²) in [6.07, 6.45) is 4.79. The Balaban J connectivity index is 1.85. The van der Waals surface area contributed by atoms with Gasteiger partial charge in [0.15, 0.2) is 0 Å². The largest absolute Gasteiger partial charge is 0.389 e. The maximum absolute atomic E-state index is 13.7. The van der Waals surface area contributed by atoms with Gasteiger partial charge in [0.05, 0.1) is 5.60 Å². The summed E-state index contributed by atoms with van der Waals surface area (Å²) in [6.45, 7) is 0. The minimum atomic E-state index is -0.662. The van der Waals surface area contributed by atoms with Crippen LogP contribution in [-0.4, -0.2) is 10.7 Å². The fourth-order valence-corrected chi connectivity index (χ4v) is 4.05. The predicted molar refractivity (Wildman–Crippen MR) is 68.2 cm³/mol. The first-order chi connectivity index (χ1) is 8.07. The van der Waals surface area contributed by atoms with Gasteiger partial charge in [0.25, 0.3) is 0 Å². The Morgan fingerprint density at radius 1 is 1.41 bits per heavy atom. The third-order valence-corrected chi connectivity index (χ3v) is 4.94. The molecule has 2 aliphatic carbocycles. The van der Waals surface area contributed by atoms with Crippen molar-refractivity contribution in [3.8, 4) is 0 Å². The van der Waals surface area contributed by atoms with Crippen LogP contribution in [0.3, 0.4) is 0 Å². The molecule has 1 nitrogen and oxygen atoms in total. The molecule has 3 unspecified atom stereocenters. The summed E-state index contributed by atoms with van der Waals surface area (Å²) in [4.78, 5) is 0. The summed E-state index contributed by atoms with van der Waals surface area (Å²) in [5.74, 6) is 0.843. The molecule has 0 aliphatic heterocycles. The number of benzene rings is 1. The summed E-state index contributed by atoms with van der Waals surface area (Å²) in [6, 6.07) is 4.96. The monoisotopic (exact) mass is 298 g/mol. The number of hydrogen-bond acceptors (Lipinski definition) is 1. The molecule has 17 heavy (non-hydrogen) atoms. The van der Waals surface area contributed by atoms with E-state index in [2.05, 4.69) is 15.9 Å². The summed E-state index contributed by atoms with van der Waals surface area (Å²) >= 11 is 3.36. The summed E-state index contributed by atoms with van der Waals surface area (Å²) in [5, 5.41) is 10.7. The topological polar surface area (TPSA) is 20.2 Å². The zero-order valence-corrected chi connectivity index (χ0v) is 11.2. The van der Waals surface area contributed by atoms with E-state index in [4.69, 9.17) is 0 Å². The summed E-state index contributed by atoms with van der Waals surface area (Å²) < 4.78 is 14.6. The number of aliphatic hydroxyl groups is 1. The SMILES string of the molecule is OC1(Cc2cc(Br)ccc2F)CC2CCC1C2. The highest BCUT2D eigenvalue weighted by atomic mass is 79.9. The average Bonchev–Trinajstić information content (AvgIpc) is 2.83. The number of rotatable bonds is 2. The predicted octanol–water partition coefficient (Wildman–Crippen LogP) is 3.68. The van der Waals surface area contributed by atoms with E-state index in [1.165, 1.54) is 12.5 Å². The quantitative estimate of drug-likeness (QED) is 0.883. The molecule has 1 N–H and O–H groups in total. The zero-order chi connectivity index (χ0) is 12.0.